The normalized spacial score (nSPS) is 23.0. The highest BCUT2D eigenvalue weighted by Crippen LogP contribution is 2.22. The first-order valence-corrected chi connectivity index (χ1v) is 5.90. The van der Waals surface area contributed by atoms with Crippen molar-refractivity contribution in [1.82, 2.24) is 9.97 Å². The SMILES string of the molecule is CC(N)Cc1cnc(C2CCCOC2)nc1. The number of nitrogens with two attached hydrogens (primary N) is 1. The summed E-state index contributed by atoms with van der Waals surface area (Å²) in [5.41, 5.74) is 6.84. The molecule has 1 aliphatic rings. The second-order valence-electron chi connectivity index (χ2n) is 4.54. The van der Waals surface area contributed by atoms with E-state index in [9.17, 15) is 0 Å². The Labute approximate surface area is 96.2 Å². The van der Waals surface area contributed by atoms with Crippen molar-refractivity contribution in [2.45, 2.75) is 38.1 Å². The number of rotatable bonds is 3. The van der Waals surface area contributed by atoms with E-state index in [4.69, 9.17) is 10.5 Å². The van der Waals surface area contributed by atoms with Crippen LogP contribution < -0.4 is 5.73 Å². The molecule has 0 aliphatic carbocycles. The van der Waals surface area contributed by atoms with Gasteiger partial charge < -0.3 is 10.5 Å². The Morgan fingerprint density at radius 3 is 2.81 bits per heavy atom. The molecular weight excluding hydrogens is 202 g/mol. The number of nitrogens with zero attached hydrogens (tertiary/aromatic N) is 2. The molecule has 2 unspecified atom stereocenters. The molecule has 1 fully saturated rings. The van der Waals surface area contributed by atoms with Crippen molar-refractivity contribution in [3.63, 3.8) is 0 Å². The van der Waals surface area contributed by atoms with Crippen molar-refractivity contribution in [3.8, 4) is 0 Å². The summed E-state index contributed by atoms with van der Waals surface area (Å²) < 4.78 is 5.43. The Bertz CT molecular complexity index is 318. The van der Waals surface area contributed by atoms with Gasteiger partial charge >= 0.3 is 0 Å². The minimum atomic E-state index is 0.160. The van der Waals surface area contributed by atoms with Gasteiger partial charge in [0.1, 0.15) is 5.82 Å². The van der Waals surface area contributed by atoms with E-state index in [1.54, 1.807) is 0 Å². The lowest BCUT2D eigenvalue weighted by atomic mass is 10.0. The van der Waals surface area contributed by atoms with Crippen LogP contribution in [0.3, 0.4) is 0 Å². The monoisotopic (exact) mass is 221 g/mol. The standard InChI is InChI=1S/C12H19N3O/c1-9(13)5-10-6-14-12(15-7-10)11-3-2-4-16-8-11/h6-7,9,11H,2-5,8,13H2,1H3. The van der Waals surface area contributed by atoms with Gasteiger partial charge in [0, 0.05) is 31.0 Å². The van der Waals surface area contributed by atoms with Crippen LogP contribution in [0, 0.1) is 0 Å². The van der Waals surface area contributed by atoms with Crippen molar-refractivity contribution >= 4 is 0 Å². The smallest absolute Gasteiger partial charge is 0.133 e. The Balaban J connectivity index is 2.00. The fraction of sp³-hybridized carbons (Fsp3) is 0.667. The molecular formula is C12H19N3O. The first-order chi connectivity index (χ1) is 7.75. The summed E-state index contributed by atoms with van der Waals surface area (Å²) in [6.45, 7) is 3.62. The van der Waals surface area contributed by atoms with Gasteiger partial charge in [0.15, 0.2) is 0 Å². The largest absolute Gasteiger partial charge is 0.381 e. The van der Waals surface area contributed by atoms with Gasteiger partial charge in [-0.3, -0.25) is 0 Å². The van der Waals surface area contributed by atoms with Gasteiger partial charge in [-0.1, -0.05) is 0 Å². The van der Waals surface area contributed by atoms with Crippen LogP contribution in [-0.2, 0) is 11.2 Å². The highest BCUT2D eigenvalue weighted by molar-refractivity contribution is 5.09. The summed E-state index contributed by atoms with van der Waals surface area (Å²) in [5, 5.41) is 0. The van der Waals surface area contributed by atoms with E-state index in [1.165, 1.54) is 0 Å². The van der Waals surface area contributed by atoms with Crippen LogP contribution in [-0.4, -0.2) is 29.2 Å². The topological polar surface area (TPSA) is 61.0 Å². The van der Waals surface area contributed by atoms with E-state index >= 15 is 0 Å². The summed E-state index contributed by atoms with van der Waals surface area (Å²) in [4.78, 5) is 8.82. The lowest BCUT2D eigenvalue weighted by molar-refractivity contribution is 0.0780. The Hall–Kier alpha value is -1.00. The van der Waals surface area contributed by atoms with E-state index in [0.717, 1.165) is 43.9 Å². The van der Waals surface area contributed by atoms with Crippen LogP contribution in [0.2, 0.25) is 0 Å². The molecule has 2 atom stereocenters. The second kappa shape index (κ2) is 5.37. The first-order valence-electron chi connectivity index (χ1n) is 5.90. The minimum absolute atomic E-state index is 0.160. The van der Waals surface area contributed by atoms with Gasteiger partial charge in [0.2, 0.25) is 0 Å². The third-order valence-corrected chi connectivity index (χ3v) is 2.81. The fourth-order valence-corrected chi connectivity index (χ4v) is 2.00. The molecule has 16 heavy (non-hydrogen) atoms. The third kappa shape index (κ3) is 3.00. The summed E-state index contributed by atoms with van der Waals surface area (Å²) >= 11 is 0. The average molecular weight is 221 g/mol. The Kier molecular flexibility index (Phi) is 3.85. The fourth-order valence-electron chi connectivity index (χ4n) is 2.00. The number of hydrogen-bond donors (Lipinski definition) is 1. The molecule has 0 amide bonds. The zero-order chi connectivity index (χ0) is 11.4. The lowest BCUT2D eigenvalue weighted by Gasteiger charge is -2.20. The lowest BCUT2D eigenvalue weighted by Crippen LogP contribution is -2.20. The molecule has 4 heteroatoms. The first kappa shape index (κ1) is 11.5. The van der Waals surface area contributed by atoms with Gasteiger partial charge in [0.05, 0.1) is 6.61 Å². The Morgan fingerprint density at radius 1 is 1.50 bits per heavy atom. The van der Waals surface area contributed by atoms with Gasteiger partial charge in [-0.25, -0.2) is 9.97 Å². The highest BCUT2D eigenvalue weighted by atomic mass is 16.5. The third-order valence-electron chi connectivity index (χ3n) is 2.81. The molecule has 2 N–H and O–H groups in total. The van der Waals surface area contributed by atoms with Crippen LogP contribution in [0.5, 0.6) is 0 Å². The van der Waals surface area contributed by atoms with Crippen molar-refractivity contribution in [2.24, 2.45) is 5.73 Å². The molecule has 88 valence electrons. The van der Waals surface area contributed by atoms with Crippen molar-refractivity contribution in [1.29, 1.82) is 0 Å². The van der Waals surface area contributed by atoms with Gasteiger partial charge in [-0.05, 0) is 31.7 Å². The average Bonchev–Trinajstić information content (AvgIpc) is 2.30. The molecule has 2 rings (SSSR count). The molecule has 0 radical (unpaired) electrons. The van der Waals surface area contributed by atoms with Gasteiger partial charge in [-0.2, -0.15) is 0 Å². The molecule has 4 nitrogen and oxygen atoms in total. The van der Waals surface area contributed by atoms with E-state index in [2.05, 4.69) is 9.97 Å². The van der Waals surface area contributed by atoms with Crippen molar-refractivity contribution < 1.29 is 4.74 Å². The quantitative estimate of drug-likeness (QED) is 0.834. The van der Waals surface area contributed by atoms with E-state index < -0.39 is 0 Å². The molecule has 1 aliphatic heterocycles. The maximum Gasteiger partial charge on any atom is 0.133 e. The van der Waals surface area contributed by atoms with Crippen molar-refractivity contribution in [3.05, 3.63) is 23.8 Å². The molecule has 0 spiro atoms. The van der Waals surface area contributed by atoms with Crippen LogP contribution in [0.25, 0.3) is 0 Å². The van der Waals surface area contributed by atoms with Crippen LogP contribution in [0.15, 0.2) is 12.4 Å². The predicted octanol–water partition coefficient (Wildman–Crippen LogP) is 1.26. The zero-order valence-electron chi connectivity index (χ0n) is 9.72. The van der Waals surface area contributed by atoms with E-state index in [0.29, 0.717) is 5.92 Å². The maximum atomic E-state index is 5.73. The van der Waals surface area contributed by atoms with Gasteiger partial charge in [0.25, 0.3) is 0 Å². The summed E-state index contributed by atoms with van der Waals surface area (Å²) in [7, 11) is 0. The molecule has 0 bridgehead atoms. The van der Waals surface area contributed by atoms with Crippen LogP contribution >= 0.6 is 0 Å². The maximum absolute atomic E-state index is 5.73. The summed E-state index contributed by atoms with van der Waals surface area (Å²) in [6.07, 6.45) is 6.85. The molecule has 2 heterocycles. The molecule has 1 aromatic rings. The van der Waals surface area contributed by atoms with E-state index in [1.807, 2.05) is 19.3 Å². The Morgan fingerprint density at radius 2 is 2.25 bits per heavy atom. The van der Waals surface area contributed by atoms with Gasteiger partial charge in [-0.15, -0.1) is 0 Å². The van der Waals surface area contributed by atoms with Crippen LogP contribution in [0.4, 0.5) is 0 Å². The van der Waals surface area contributed by atoms with E-state index in [-0.39, 0.29) is 6.04 Å². The molecule has 1 aromatic heterocycles. The van der Waals surface area contributed by atoms with Crippen molar-refractivity contribution in [2.75, 3.05) is 13.2 Å². The summed E-state index contributed by atoms with van der Waals surface area (Å²) in [6, 6.07) is 0.160. The zero-order valence-corrected chi connectivity index (χ0v) is 9.72. The second-order valence-corrected chi connectivity index (χ2v) is 4.54. The molecule has 0 saturated carbocycles. The highest BCUT2D eigenvalue weighted by Gasteiger charge is 2.18. The predicted molar refractivity (Wildman–Crippen MR) is 62.2 cm³/mol. The molecule has 1 saturated heterocycles. The number of hydrogen-bond acceptors (Lipinski definition) is 4. The number of ether oxygens (including phenoxy) is 1. The molecule has 0 aromatic carbocycles. The minimum Gasteiger partial charge on any atom is -0.381 e. The summed E-state index contributed by atoms with van der Waals surface area (Å²) in [5.74, 6) is 1.28. The number of aromatic nitrogens is 2. The van der Waals surface area contributed by atoms with Crippen LogP contribution in [0.1, 0.15) is 37.1 Å².